The lowest BCUT2D eigenvalue weighted by Crippen LogP contribution is -1.88. The van der Waals surface area contributed by atoms with E-state index in [1.807, 2.05) is 31.2 Å². The Labute approximate surface area is 77.6 Å². The predicted molar refractivity (Wildman–Crippen MR) is 52.5 cm³/mol. The molecule has 0 atom stereocenters. The normalized spacial score (nSPS) is 11.4. The zero-order chi connectivity index (χ0) is 8.97. The molecule has 0 saturated carbocycles. The fraction of sp³-hybridized carbons (Fsp3) is 0.200. The third kappa shape index (κ3) is 1.80. The smallest absolute Gasteiger partial charge is 0.126 e. The first-order chi connectivity index (χ1) is 5.79. The van der Waals surface area contributed by atoms with Crippen molar-refractivity contribution in [3.8, 4) is 5.75 Å². The molecular weight excluding hydrogens is 172 g/mol. The Kier molecular flexibility index (Phi) is 3.18. The van der Waals surface area contributed by atoms with Crippen molar-refractivity contribution in [2.75, 3.05) is 7.11 Å². The fourth-order valence-electron chi connectivity index (χ4n) is 1.03. The number of methoxy groups -OCH3 is 1. The van der Waals surface area contributed by atoms with Crippen LogP contribution in [0.1, 0.15) is 12.5 Å². The summed E-state index contributed by atoms with van der Waals surface area (Å²) in [4.78, 5) is 0. The average molecular weight is 183 g/mol. The molecule has 0 aliphatic heterocycles. The van der Waals surface area contributed by atoms with Crippen molar-refractivity contribution in [3.05, 3.63) is 35.4 Å². The zero-order valence-electron chi connectivity index (χ0n) is 7.17. The first-order valence-corrected chi connectivity index (χ1v) is 4.13. The molecule has 0 N–H and O–H groups in total. The van der Waals surface area contributed by atoms with Crippen molar-refractivity contribution in [1.29, 1.82) is 0 Å². The van der Waals surface area contributed by atoms with Crippen molar-refractivity contribution in [2.45, 2.75) is 6.92 Å². The molecule has 0 aliphatic rings. The second-order valence-corrected chi connectivity index (χ2v) is 2.71. The number of ether oxygens (including phenoxy) is 1. The number of allylic oxidation sites excluding steroid dienone is 1. The van der Waals surface area contributed by atoms with E-state index in [0.717, 1.165) is 16.9 Å². The summed E-state index contributed by atoms with van der Waals surface area (Å²) in [6.45, 7) is 1.95. The molecule has 0 amide bonds. The SMILES string of the molecule is COc1ccccc1C(C)=CCl. The summed E-state index contributed by atoms with van der Waals surface area (Å²) in [5.41, 5.74) is 3.60. The van der Waals surface area contributed by atoms with Crippen LogP contribution in [0.3, 0.4) is 0 Å². The van der Waals surface area contributed by atoms with Crippen molar-refractivity contribution in [2.24, 2.45) is 0 Å². The van der Waals surface area contributed by atoms with Gasteiger partial charge in [0, 0.05) is 11.1 Å². The van der Waals surface area contributed by atoms with Crippen LogP contribution in [-0.4, -0.2) is 7.11 Å². The maximum Gasteiger partial charge on any atom is 0.126 e. The van der Waals surface area contributed by atoms with Gasteiger partial charge in [-0.1, -0.05) is 29.8 Å². The van der Waals surface area contributed by atoms with E-state index in [0.29, 0.717) is 0 Å². The van der Waals surface area contributed by atoms with Gasteiger partial charge < -0.3 is 4.74 Å². The van der Waals surface area contributed by atoms with Gasteiger partial charge in [-0.15, -0.1) is 0 Å². The standard InChI is InChI=1S/C10H11ClO/c1-8(7-11)9-5-3-4-6-10(9)12-2/h3-7H,1-2H3. The Bertz CT molecular complexity index is 292. The van der Waals surface area contributed by atoms with Crippen LogP contribution in [0.25, 0.3) is 5.57 Å². The maximum atomic E-state index is 5.60. The lowest BCUT2D eigenvalue weighted by molar-refractivity contribution is 0.413. The average Bonchev–Trinajstić information content (AvgIpc) is 2.16. The summed E-state index contributed by atoms with van der Waals surface area (Å²) in [7, 11) is 1.65. The molecule has 0 aliphatic carbocycles. The molecule has 0 bridgehead atoms. The van der Waals surface area contributed by atoms with E-state index in [1.165, 1.54) is 0 Å². The highest BCUT2D eigenvalue weighted by Crippen LogP contribution is 2.25. The van der Waals surface area contributed by atoms with Gasteiger partial charge in [-0.3, -0.25) is 0 Å². The minimum absolute atomic E-state index is 0.854. The molecule has 1 aromatic rings. The van der Waals surface area contributed by atoms with E-state index in [2.05, 4.69) is 0 Å². The molecule has 64 valence electrons. The van der Waals surface area contributed by atoms with E-state index in [4.69, 9.17) is 16.3 Å². The summed E-state index contributed by atoms with van der Waals surface area (Å²) in [6.07, 6.45) is 0. The first kappa shape index (κ1) is 9.14. The Morgan fingerprint density at radius 2 is 2.08 bits per heavy atom. The highest BCUT2D eigenvalue weighted by Gasteiger charge is 2.01. The number of hydrogen-bond acceptors (Lipinski definition) is 1. The monoisotopic (exact) mass is 182 g/mol. The Morgan fingerprint density at radius 3 is 2.67 bits per heavy atom. The third-order valence-corrected chi connectivity index (χ3v) is 2.02. The molecule has 0 unspecified atom stereocenters. The molecule has 2 heteroatoms. The molecule has 0 heterocycles. The van der Waals surface area contributed by atoms with E-state index in [1.54, 1.807) is 12.6 Å². The van der Waals surface area contributed by atoms with E-state index >= 15 is 0 Å². The maximum absolute atomic E-state index is 5.60. The molecule has 12 heavy (non-hydrogen) atoms. The fourth-order valence-corrected chi connectivity index (χ4v) is 1.15. The van der Waals surface area contributed by atoms with Gasteiger partial charge in [-0.25, -0.2) is 0 Å². The number of halogens is 1. The second-order valence-electron chi connectivity index (χ2n) is 2.49. The molecule has 0 spiro atoms. The van der Waals surface area contributed by atoms with Gasteiger partial charge in [0.25, 0.3) is 0 Å². The van der Waals surface area contributed by atoms with Gasteiger partial charge in [0.2, 0.25) is 0 Å². The van der Waals surface area contributed by atoms with Gasteiger partial charge in [-0.2, -0.15) is 0 Å². The summed E-state index contributed by atoms with van der Waals surface area (Å²) < 4.78 is 5.17. The molecule has 0 saturated heterocycles. The van der Waals surface area contributed by atoms with Crippen molar-refractivity contribution >= 4 is 17.2 Å². The molecule has 1 nitrogen and oxygen atoms in total. The Balaban J connectivity index is 3.13. The second kappa shape index (κ2) is 4.17. The van der Waals surface area contributed by atoms with Crippen LogP contribution in [0.15, 0.2) is 29.8 Å². The van der Waals surface area contributed by atoms with Crippen LogP contribution >= 0.6 is 11.6 Å². The largest absolute Gasteiger partial charge is 0.496 e. The van der Waals surface area contributed by atoms with Crippen LogP contribution in [-0.2, 0) is 0 Å². The van der Waals surface area contributed by atoms with Crippen LogP contribution in [0.5, 0.6) is 5.75 Å². The van der Waals surface area contributed by atoms with E-state index < -0.39 is 0 Å². The Hall–Kier alpha value is -0.950. The van der Waals surface area contributed by atoms with Crippen molar-refractivity contribution in [1.82, 2.24) is 0 Å². The van der Waals surface area contributed by atoms with Gasteiger partial charge in [0.05, 0.1) is 7.11 Å². The third-order valence-electron chi connectivity index (χ3n) is 1.70. The van der Waals surface area contributed by atoms with Crippen molar-refractivity contribution in [3.63, 3.8) is 0 Å². The van der Waals surface area contributed by atoms with Crippen LogP contribution in [0, 0.1) is 0 Å². The number of rotatable bonds is 2. The van der Waals surface area contributed by atoms with E-state index in [-0.39, 0.29) is 0 Å². The molecule has 0 aromatic heterocycles. The highest BCUT2D eigenvalue weighted by atomic mass is 35.5. The van der Waals surface area contributed by atoms with Crippen LogP contribution in [0.2, 0.25) is 0 Å². The summed E-state index contributed by atoms with van der Waals surface area (Å²) in [6, 6.07) is 7.79. The lowest BCUT2D eigenvalue weighted by atomic mass is 10.1. The van der Waals surface area contributed by atoms with Crippen molar-refractivity contribution < 1.29 is 4.74 Å². The molecule has 0 radical (unpaired) electrons. The molecule has 1 aromatic carbocycles. The summed E-state index contributed by atoms with van der Waals surface area (Å²) in [5.74, 6) is 0.854. The summed E-state index contributed by atoms with van der Waals surface area (Å²) in [5, 5.41) is 0. The summed E-state index contributed by atoms with van der Waals surface area (Å²) >= 11 is 5.60. The van der Waals surface area contributed by atoms with E-state index in [9.17, 15) is 0 Å². The van der Waals surface area contributed by atoms with Gasteiger partial charge in [0.1, 0.15) is 5.75 Å². The predicted octanol–water partition coefficient (Wildman–Crippen LogP) is 3.29. The number of para-hydroxylation sites is 1. The van der Waals surface area contributed by atoms with Crippen LogP contribution in [0.4, 0.5) is 0 Å². The zero-order valence-corrected chi connectivity index (χ0v) is 7.93. The molecule has 0 fully saturated rings. The minimum Gasteiger partial charge on any atom is -0.496 e. The van der Waals surface area contributed by atoms with Gasteiger partial charge in [0.15, 0.2) is 0 Å². The molecular formula is C10H11ClO. The minimum atomic E-state index is 0.854. The first-order valence-electron chi connectivity index (χ1n) is 3.70. The Morgan fingerprint density at radius 1 is 1.42 bits per heavy atom. The highest BCUT2D eigenvalue weighted by molar-refractivity contribution is 6.28. The quantitative estimate of drug-likeness (QED) is 0.682. The topological polar surface area (TPSA) is 9.23 Å². The lowest BCUT2D eigenvalue weighted by Gasteiger charge is -2.06. The van der Waals surface area contributed by atoms with Gasteiger partial charge >= 0.3 is 0 Å². The van der Waals surface area contributed by atoms with Crippen LogP contribution < -0.4 is 4.74 Å². The molecule has 1 rings (SSSR count). The van der Waals surface area contributed by atoms with Gasteiger partial charge in [-0.05, 0) is 18.6 Å². The number of hydrogen-bond donors (Lipinski definition) is 0. The number of benzene rings is 1.